The fraction of sp³-hybridized carbons (Fsp3) is 0.800. The summed E-state index contributed by atoms with van der Waals surface area (Å²) in [5.74, 6) is 0.273. The van der Waals surface area contributed by atoms with E-state index in [1.165, 1.54) is 7.11 Å². The topological polar surface area (TPSA) is 67.2 Å². The molecule has 15 heavy (non-hydrogen) atoms. The SMILES string of the molecule is COC(=O)C(C)CS(=O)CCCCC#N. The standard InChI is InChI=1S/C10H17NO3S/c1-9(10(12)14-2)8-15(13)7-5-3-4-6-11/h9H,3-5,7-8H2,1-2H3. The highest BCUT2D eigenvalue weighted by molar-refractivity contribution is 7.85. The molecule has 0 amide bonds. The van der Waals surface area contributed by atoms with Gasteiger partial charge < -0.3 is 4.74 Å². The molecule has 0 spiro atoms. The smallest absolute Gasteiger partial charge is 0.309 e. The molecule has 4 nitrogen and oxygen atoms in total. The van der Waals surface area contributed by atoms with E-state index in [0.29, 0.717) is 17.9 Å². The molecule has 0 fully saturated rings. The van der Waals surface area contributed by atoms with Crippen LogP contribution in [0.3, 0.4) is 0 Å². The molecule has 0 bridgehead atoms. The van der Waals surface area contributed by atoms with E-state index in [2.05, 4.69) is 4.74 Å². The van der Waals surface area contributed by atoms with Gasteiger partial charge in [-0.3, -0.25) is 9.00 Å². The summed E-state index contributed by atoms with van der Waals surface area (Å²) in [6.45, 7) is 1.71. The van der Waals surface area contributed by atoms with E-state index in [1.807, 2.05) is 6.07 Å². The zero-order valence-electron chi connectivity index (χ0n) is 9.19. The highest BCUT2D eigenvalue weighted by Gasteiger charge is 2.15. The van der Waals surface area contributed by atoms with Crippen LogP contribution in [0, 0.1) is 17.2 Å². The summed E-state index contributed by atoms with van der Waals surface area (Å²) >= 11 is 0. The number of esters is 1. The number of nitriles is 1. The highest BCUT2D eigenvalue weighted by atomic mass is 32.2. The maximum atomic E-state index is 11.5. The van der Waals surface area contributed by atoms with Crippen molar-refractivity contribution < 1.29 is 13.7 Å². The molecule has 0 aliphatic carbocycles. The lowest BCUT2D eigenvalue weighted by molar-refractivity contribution is -0.144. The number of ether oxygens (including phenoxy) is 1. The molecule has 2 unspecified atom stereocenters. The zero-order valence-corrected chi connectivity index (χ0v) is 10.0. The van der Waals surface area contributed by atoms with Crippen LogP contribution in [0.25, 0.3) is 0 Å². The van der Waals surface area contributed by atoms with E-state index in [9.17, 15) is 9.00 Å². The van der Waals surface area contributed by atoms with E-state index >= 15 is 0 Å². The van der Waals surface area contributed by atoms with E-state index < -0.39 is 10.8 Å². The average Bonchev–Trinajstić information content (AvgIpc) is 2.23. The van der Waals surface area contributed by atoms with Crippen LogP contribution in [0.1, 0.15) is 26.2 Å². The Hall–Kier alpha value is -0.890. The van der Waals surface area contributed by atoms with Gasteiger partial charge in [-0.15, -0.1) is 0 Å². The first-order chi connectivity index (χ1) is 7.11. The van der Waals surface area contributed by atoms with Crippen LogP contribution in [0.5, 0.6) is 0 Å². The number of carbonyl (C=O) groups is 1. The Kier molecular flexibility index (Phi) is 7.92. The van der Waals surface area contributed by atoms with Gasteiger partial charge in [0.25, 0.3) is 0 Å². The van der Waals surface area contributed by atoms with Crippen molar-refractivity contribution in [1.29, 1.82) is 5.26 Å². The Morgan fingerprint density at radius 3 is 2.73 bits per heavy atom. The van der Waals surface area contributed by atoms with Gasteiger partial charge in [0.05, 0.1) is 19.1 Å². The van der Waals surface area contributed by atoms with Crippen molar-refractivity contribution in [3.8, 4) is 6.07 Å². The summed E-state index contributed by atoms with van der Waals surface area (Å²) in [6.07, 6.45) is 2.05. The first-order valence-electron chi connectivity index (χ1n) is 4.91. The molecule has 0 rings (SSSR count). The van der Waals surface area contributed by atoms with Crippen LogP contribution >= 0.6 is 0 Å². The van der Waals surface area contributed by atoms with Gasteiger partial charge in [0.2, 0.25) is 0 Å². The fourth-order valence-corrected chi connectivity index (χ4v) is 2.49. The van der Waals surface area contributed by atoms with E-state index in [1.54, 1.807) is 6.92 Å². The van der Waals surface area contributed by atoms with Crippen LogP contribution < -0.4 is 0 Å². The Bertz CT molecular complexity index is 260. The third-order valence-corrected chi connectivity index (χ3v) is 3.57. The predicted molar refractivity (Wildman–Crippen MR) is 58.5 cm³/mol. The molecule has 0 aromatic rings. The van der Waals surface area contributed by atoms with Crippen LogP contribution in [-0.2, 0) is 20.3 Å². The minimum absolute atomic E-state index is 0.313. The Morgan fingerprint density at radius 1 is 1.53 bits per heavy atom. The number of hydrogen-bond donors (Lipinski definition) is 0. The molecule has 0 aromatic carbocycles. The van der Waals surface area contributed by atoms with Crippen LogP contribution in [0.15, 0.2) is 0 Å². The minimum atomic E-state index is -0.986. The van der Waals surface area contributed by atoms with Gasteiger partial charge in [0.15, 0.2) is 0 Å². The highest BCUT2D eigenvalue weighted by Crippen LogP contribution is 2.03. The van der Waals surface area contributed by atoms with Crippen molar-refractivity contribution in [3.63, 3.8) is 0 Å². The largest absolute Gasteiger partial charge is 0.469 e. The molecule has 2 atom stereocenters. The molecule has 5 heteroatoms. The molecule has 86 valence electrons. The molecule has 0 heterocycles. The molecular formula is C10H17NO3S. The monoisotopic (exact) mass is 231 g/mol. The van der Waals surface area contributed by atoms with E-state index in [0.717, 1.165) is 12.8 Å². The quantitative estimate of drug-likeness (QED) is 0.488. The first-order valence-corrected chi connectivity index (χ1v) is 6.40. The lowest BCUT2D eigenvalue weighted by Crippen LogP contribution is -2.20. The number of unbranched alkanes of at least 4 members (excludes halogenated alkanes) is 2. The number of nitrogens with zero attached hydrogens (tertiary/aromatic N) is 1. The second-order valence-electron chi connectivity index (χ2n) is 3.35. The van der Waals surface area contributed by atoms with Gasteiger partial charge in [0.1, 0.15) is 0 Å². The molecular weight excluding hydrogens is 214 g/mol. The molecule has 0 saturated heterocycles. The maximum absolute atomic E-state index is 11.5. The van der Waals surface area contributed by atoms with Gasteiger partial charge in [0, 0.05) is 28.7 Å². The third kappa shape index (κ3) is 7.09. The molecule has 0 radical (unpaired) electrons. The zero-order chi connectivity index (χ0) is 11.7. The van der Waals surface area contributed by atoms with Crippen molar-refractivity contribution in [2.24, 2.45) is 5.92 Å². The lowest BCUT2D eigenvalue weighted by atomic mass is 10.2. The first kappa shape index (κ1) is 14.1. The van der Waals surface area contributed by atoms with Gasteiger partial charge in [-0.05, 0) is 12.8 Å². The Morgan fingerprint density at radius 2 is 2.20 bits per heavy atom. The number of methoxy groups -OCH3 is 1. The Labute approximate surface area is 93.1 Å². The van der Waals surface area contributed by atoms with Crippen molar-refractivity contribution in [2.75, 3.05) is 18.6 Å². The van der Waals surface area contributed by atoms with Crippen molar-refractivity contribution >= 4 is 16.8 Å². The van der Waals surface area contributed by atoms with Gasteiger partial charge >= 0.3 is 5.97 Å². The normalized spacial score (nSPS) is 13.9. The summed E-state index contributed by atoms with van der Waals surface area (Å²) in [5.41, 5.74) is 0. The lowest BCUT2D eigenvalue weighted by Gasteiger charge is -2.08. The van der Waals surface area contributed by atoms with Crippen LogP contribution in [0.2, 0.25) is 0 Å². The predicted octanol–water partition coefficient (Wildman–Crippen LogP) is 1.24. The average molecular weight is 231 g/mol. The second kappa shape index (κ2) is 8.42. The minimum Gasteiger partial charge on any atom is -0.469 e. The molecule has 0 aliphatic rings. The maximum Gasteiger partial charge on any atom is 0.309 e. The third-order valence-electron chi connectivity index (χ3n) is 1.95. The summed E-state index contributed by atoms with van der Waals surface area (Å²) in [5, 5.41) is 8.29. The van der Waals surface area contributed by atoms with Gasteiger partial charge in [-0.2, -0.15) is 5.26 Å². The number of rotatable bonds is 7. The summed E-state index contributed by atoms with van der Waals surface area (Å²) in [7, 11) is 0.342. The molecule has 0 saturated carbocycles. The van der Waals surface area contributed by atoms with Crippen molar-refractivity contribution in [3.05, 3.63) is 0 Å². The van der Waals surface area contributed by atoms with Crippen molar-refractivity contribution in [1.82, 2.24) is 0 Å². The molecule has 0 aliphatic heterocycles. The van der Waals surface area contributed by atoms with E-state index in [4.69, 9.17) is 5.26 Å². The van der Waals surface area contributed by atoms with Crippen LogP contribution in [-0.4, -0.2) is 28.8 Å². The van der Waals surface area contributed by atoms with Crippen molar-refractivity contribution in [2.45, 2.75) is 26.2 Å². The Balaban J connectivity index is 3.65. The number of hydrogen-bond acceptors (Lipinski definition) is 4. The summed E-state index contributed by atoms with van der Waals surface area (Å²) in [6, 6.07) is 2.04. The van der Waals surface area contributed by atoms with E-state index in [-0.39, 0.29) is 11.9 Å². The van der Waals surface area contributed by atoms with Gasteiger partial charge in [-0.25, -0.2) is 0 Å². The second-order valence-corrected chi connectivity index (χ2v) is 4.97. The summed E-state index contributed by atoms with van der Waals surface area (Å²) < 4.78 is 16.0. The van der Waals surface area contributed by atoms with Gasteiger partial charge in [-0.1, -0.05) is 6.92 Å². The van der Waals surface area contributed by atoms with Crippen LogP contribution in [0.4, 0.5) is 0 Å². The number of carbonyl (C=O) groups excluding carboxylic acids is 1. The molecule has 0 N–H and O–H groups in total. The fourth-order valence-electron chi connectivity index (χ4n) is 1.10. The molecule has 0 aromatic heterocycles. The summed E-state index contributed by atoms with van der Waals surface area (Å²) in [4.78, 5) is 11.0.